The fraction of sp³-hybridized carbons (Fsp3) is 0.222. The van der Waals surface area contributed by atoms with Crippen LogP contribution in [-0.4, -0.2) is 26.9 Å². The molecule has 8 heteroatoms. The number of hydrogen-bond acceptors (Lipinski definition) is 6. The first-order chi connectivity index (χ1) is 12.4. The first-order valence-electron chi connectivity index (χ1n) is 7.89. The zero-order valence-electron chi connectivity index (χ0n) is 14.6. The lowest BCUT2D eigenvalue weighted by molar-refractivity contribution is -0.386. The molecule has 2 heterocycles. The molecular weight excluding hydrogens is 354 g/mol. The molecule has 0 spiro atoms. The lowest BCUT2D eigenvalue weighted by atomic mass is 10.1. The third kappa shape index (κ3) is 3.23. The Morgan fingerprint density at radius 2 is 2.12 bits per heavy atom. The van der Waals surface area contributed by atoms with Crippen molar-refractivity contribution in [3.63, 3.8) is 0 Å². The summed E-state index contributed by atoms with van der Waals surface area (Å²) < 4.78 is 7.39. The highest BCUT2D eigenvalue weighted by Crippen LogP contribution is 2.30. The number of rotatable bonds is 6. The van der Waals surface area contributed by atoms with Crippen LogP contribution in [0.4, 0.5) is 5.69 Å². The fourth-order valence-corrected chi connectivity index (χ4v) is 3.62. The summed E-state index contributed by atoms with van der Waals surface area (Å²) in [5, 5.41) is 13.9. The highest BCUT2D eigenvalue weighted by Gasteiger charge is 2.21. The average molecular weight is 371 g/mol. The van der Waals surface area contributed by atoms with Crippen molar-refractivity contribution in [3.8, 4) is 10.9 Å². The van der Waals surface area contributed by atoms with Gasteiger partial charge in [0.15, 0.2) is 17.5 Å². The summed E-state index contributed by atoms with van der Waals surface area (Å²) in [5.74, 6) is -0.145. The van der Waals surface area contributed by atoms with Crippen LogP contribution >= 0.6 is 11.3 Å². The lowest BCUT2D eigenvalue weighted by Crippen LogP contribution is -2.13. The molecule has 0 bridgehead atoms. The van der Waals surface area contributed by atoms with E-state index in [0.717, 1.165) is 16.5 Å². The van der Waals surface area contributed by atoms with Crippen LogP contribution in [0.25, 0.3) is 5.13 Å². The molecular formula is C18H17N3O4S. The minimum absolute atomic E-state index is 0.0945. The van der Waals surface area contributed by atoms with Crippen molar-refractivity contribution in [1.29, 1.82) is 0 Å². The van der Waals surface area contributed by atoms with E-state index in [1.165, 1.54) is 17.4 Å². The number of nitro benzene ring substituents is 1. The number of benzene rings is 1. The van der Waals surface area contributed by atoms with E-state index in [1.54, 1.807) is 31.3 Å². The summed E-state index contributed by atoms with van der Waals surface area (Å²) in [7, 11) is 0. The highest BCUT2D eigenvalue weighted by molar-refractivity contribution is 7.12. The van der Waals surface area contributed by atoms with E-state index in [-0.39, 0.29) is 23.8 Å². The number of Topliss-reactive ketones (excluding diaryl/α,β-unsaturated/α-hetero) is 1. The van der Waals surface area contributed by atoms with Crippen molar-refractivity contribution in [2.24, 2.45) is 0 Å². The summed E-state index contributed by atoms with van der Waals surface area (Å²) in [6.07, 6.45) is 1.71. The minimum atomic E-state index is -0.497. The maximum Gasteiger partial charge on any atom is 0.313 e. The molecule has 0 aliphatic rings. The van der Waals surface area contributed by atoms with Crippen molar-refractivity contribution >= 4 is 22.8 Å². The van der Waals surface area contributed by atoms with Crippen LogP contribution in [0.3, 0.4) is 0 Å². The molecule has 1 aromatic carbocycles. The summed E-state index contributed by atoms with van der Waals surface area (Å²) in [6, 6.07) is 6.58. The number of para-hydroxylation sites is 1. The summed E-state index contributed by atoms with van der Waals surface area (Å²) >= 11 is 1.48. The van der Waals surface area contributed by atoms with E-state index >= 15 is 0 Å². The van der Waals surface area contributed by atoms with Crippen molar-refractivity contribution in [3.05, 3.63) is 68.5 Å². The second-order valence-electron chi connectivity index (χ2n) is 5.83. The van der Waals surface area contributed by atoms with Gasteiger partial charge in [-0.1, -0.05) is 12.1 Å². The van der Waals surface area contributed by atoms with Crippen LogP contribution in [0.5, 0.6) is 5.75 Å². The molecule has 2 aromatic heterocycles. The number of ketones is 1. The third-order valence-corrected chi connectivity index (χ3v) is 4.84. The molecule has 0 saturated carbocycles. The molecule has 0 unspecified atom stereocenters. The topological polar surface area (TPSA) is 87.3 Å². The van der Waals surface area contributed by atoms with Crippen LogP contribution < -0.4 is 4.74 Å². The summed E-state index contributed by atoms with van der Waals surface area (Å²) in [4.78, 5) is 27.6. The number of nitrogens with zero attached hydrogens (tertiary/aromatic N) is 3. The number of nitro groups is 1. The number of thiazole rings is 1. The van der Waals surface area contributed by atoms with Gasteiger partial charge in [0.1, 0.15) is 0 Å². The Kier molecular flexibility index (Phi) is 4.85. The van der Waals surface area contributed by atoms with Gasteiger partial charge in [0.2, 0.25) is 5.78 Å². The Morgan fingerprint density at radius 3 is 2.77 bits per heavy atom. The summed E-state index contributed by atoms with van der Waals surface area (Å²) in [5.41, 5.74) is 2.55. The van der Waals surface area contributed by atoms with E-state index in [4.69, 9.17) is 4.74 Å². The Morgan fingerprint density at radius 1 is 1.35 bits per heavy atom. The molecule has 0 radical (unpaired) electrons. The molecule has 0 aliphatic carbocycles. The molecule has 26 heavy (non-hydrogen) atoms. The smallest absolute Gasteiger partial charge is 0.313 e. The number of carbonyl (C=O) groups is 1. The van der Waals surface area contributed by atoms with E-state index in [2.05, 4.69) is 4.98 Å². The number of hydrogen-bond donors (Lipinski definition) is 0. The lowest BCUT2D eigenvalue weighted by Gasteiger charge is -2.08. The molecule has 0 fully saturated rings. The molecule has 7 nitrogen and oxygen atoms in total. The van der Waals surface area contributed by atoms with Crippen LogP contribution in [0.1, 0.15) is 27.3 Å². The largest absolute Gasteiger partial charge is 0.478 e. The second kappa shape index (κ2) is 7.09. The SMILES string of the molecule is Cc1cccc(OCC(=O)c2cc(C)n(-c3nccs3)c2C)c1[N+](=O)[O-]. The predicted molar refractivity (Wildman–Crippen MR) is 98.6 cm³/mol. The number of ether oxygens (including phenoxy) is 1. The first kappa shape index (κ1) is 17.8. The molecule has 0 atom stereocenters. The highest BCUT2D eigenvalue weighted by atomic mass is 32.1. The maximum absolute atomic E-state index is 12.6. The zero-order valence-corrected chi connectivity index (χ0v) is 15.4. The first-order valence-corrected chi connectivity index (χ1v) is 8.77. The van der Waals surface area contributed by atoms with Crippen LogP contribution in [0.15, 0.2) is 35.8 Å². The standard InChI is InChI=1S/C18H17N3O4S/c1-11-5-4-6-16(17(11)21(23)24)25-10-15(22)14-9-12(2)20(13(14)3)18-19-7-8-26-18/h4-9H,10H2,1-3H3. The maximum atomic E-state index is 12.6. The van der Waals surface area contributed by atoms with Crippen molar-refractivity contribution in [2.75, 3.05) is 6.61 Å². The van der Waals surface area contributed by atoms with Crippen LogP contribution in [-0.2, 0) is 0 Å². The van der Waals surface area contributed by atoms with Gasteiger partial charge in [-0.3, -0.25) is 19.5 Å². The quantitative estimate of drug-likeness (QED) is 0.371. The van der Waals surface area contributed by atoms with Gasteiger partial charge in [-0.15, -0.1) is 11.3 Å². The normalized spacial score (nSPS) is 10.7. The number of aromatic nitrogens is 2. The van der Waals surface area contributed by atoms with E-state index < -0.39 is 4.92 Å². The Balaban J connectivity index is 1.84. The van der Waals surface area contributed by atoms with Gasteiger partial charge in [-0.05, 0) is 32.9 Å². The zero-order chi connectivity index (χ0) is 18.8. The minimum Gasteiger partial charge on any atom is -0.478 e. The Labute approximate surface area is 154 Å². The molecule has 0 aliphatic heterocycles. The predicted octanol–water partition coefficient (Wildman–Crippen LogP) is 4.03. The Hall–Kier alpha value is -3.00. The Bertz CT molecular complexity index is 977. The van der Waals surface area contributed by atoms with Crippen LogP contribution in [0.2, 0.25) is 0 Å². The van der Waals surface area contributed by atoms with Gasteiger partial charge in [0, 0.05) is 34.1 Å². The summed E-state index contributed by atoms with van der Waals surface area (Å²) in [6.45, 7) is 5.11. The molecule has 0 amide bonds. The van der Waals surface area contributed by atoms with Gasteiger partial charge in [-0.25, -0.2) is 4.98 Å². The fourth-order valence-electron chi connectivity index (χ4n) is 2.87. The number of aryl methyl sites for hydroxylation is 2. The van der Waals surface area contributed by atoms with E-state index in [9.17, 15) is 14.9 Å². The van der Waals surface area contributed by atoms with Crippen molar-refractivity contribution in [1.82, 2.24) is 9.55 Å². The van der Waals surface area contributed by atoms with Gasteiger partial charge in [0.05, 0.1) is 4.92 Å². The van der Waals surface area contributed by atoms with Crippen molar-refractivity contribution in [2.45, 2.75) is 20.8 Å². The van der Waals surface area contributed by atoms with Crippen molar-refractivity contribution < 1.29 is 14.5 Å². The van der Waals surface area contributed by atoms with Crippen LogP contribution in [0, 0.1) is 30.9 Å². The second-order valence-corrected chi connectivity index (χ2v) is 6.70. The molecule has 3 aromatic rings. The molecule has 0 saturated heterocycles. The number of carbonyl (C=O) groups excluding carboxylic acids is 1. The van der Waals surface area contributed by atoms with Gasteiger partial charge in [0.25, 0.3) is 0 Å². The van der Waals surface area contributed by atoms with Gasteiger partial charge in [-0.2, -0.15) is 0 Å². The van der Waals surface area contributed by atoms with E-state index in [0.29, 0.717) is 11.1 Å². The molecule has 3 rings (SSSR count). The van der Waals surface area contributed by atoms with Gasteiger partial charge < -0.3 is 4.74 Å². The van der Waals surface area contributed by atoms with Gasteiger partial charge >= 0.3 is 5.69 Å². The van der Waals surface area contributed by atoms with E-state index in [1.807, 2.05) is 23.8 Å². The molecule has 0 N–H and O–H groups in total. The third-order valence-electron chi connectivity index (χ3n) is 4.08. The monoisotopic (exact) mass is 371 g/mol. The average Bonchev–Trinajstić information content (AvgIpc) is 3.20. The molecule has 134 valence electrons.